The van der Waals surface area contributed by atoms with Crippen LogP contribution >= 0.6 is 0 Å². The lowest BCUT2D eigenvalue weighted by Crippen LogP contribution is -2.23. The summed E-state index contributed by atoms with van der Waals surface area (Å²) in [5.74, 6) is 2.08. The monoisotopic (exact) mass is 288 g/mol. The standard InChI is InChI=1S/C19H28O2/c1-3-5-13-21-17-10-8-16(9-11-17)18-12-7-15(6-4-2)14-19(18)20/h8-11,15,18H,3-7,12-14H2,1-2H3/t15-,18+/m1/s1. The van der Waals surface area contributed by atoms with Gasteiger partial charge in [-0.25, -0.2) is 0 Å². The van der Waals surface area contributed by atoms with Crippen LogP contribution in [-0.2, 0) is 4.79 Å². The Morgan fingerprint density at radius 2 is 1.86 bits per heavy atom. The molecule has 2 atom stereocenters. The van der Waals surface area contributed by atoms with Crippen LogP contribution in [0.25, 0.3) is 0 Å². The molecule has 0 spiro atoms. The van der Waals surface area contributed by atoms with E-state index in [1.54, 1.807) is 0 Å². The quantitative estimate of drug-likeness (QED) is 0.651. The van der Waals surface area contributed by atoms with Crippen LogP contribution in [0.5, 0.6) is 5.75 Å². The molecule has 21 heavy (non-hydrogen) atoms. The number of benzene rings is 1. The number of unbranched alkanes of at least 4 members (excludes halogenated alkanes) is 1. The summed E-state index contributed by atoms with van der Waals surface area (Å²) in [7, 11) is 0. The van der Waals surface area contributed by atoms with E-state index in [2.05, 4.69) is 26.0 Å². The first kappa shape index (κ1) is 16.1. The van der Waals surface area contributed by atoms with Crippen LogP contribution in [0.3, 0.4) is 0 Å². The third-order valence-electron chi connectivity index (χ3n) is 4.49. The zero-order chi connectivity index (χ0) is 15.1. The Hall–Kier alpha value is -1.31. The van der Waals surface area contributed by atoms with E-state index in [4.69, 9.17) is 4.74 Å². The number of ether oxygens (including phenoxy) is 1. The van der Waals surface area contributed by atoms with Crippen LogP contribution in [0.1, 0.15) is 70.3 Å². The van der Waals surface area contributed by atoms with Crippen molar-refractivity contribution in [1.82, 2.24) is 0 Å². The number of Topliss-reactive ketones (excluding diaryl/α,β-unsaturated/α-hetero) is 1. The van der Waals surface area contributed by atoms with Crippen LogP contribution in [0.15, 0.2) is 24.3 Å². The molecule has 0 aliphatic heterocycles. The van der Waals surface area contributed by atoms with Gasteiger partial charge in [0.05, 0.1) is 6.61 Å². The highest BCUT2D eigenvalue weighted by atomic mass is 16.5. The van der Waals surface area contributed by atoms with Crippen molar-refractivity contribution in [2.45, 2.75) is 64.7 Å². The van der Waals surface area contributed by atoms with Crippen LogP contribution in [0.2, 0.25) is 0 Å². The molecule has 0 bridgehead atoms. The van der Waals surface area contributed by atoms with Crippen molar-refractivity contribution in [2.75, 3.05) is 6.61 Å². The molecular weight excluding hydrogens is 260 g/mol. The van der Waals surface area contributed by atoms with Gasteiger partial charge in [-0.05, 0) is 42.9 Å². The Labute approximate surface area is 128 Å². The minimum absolute atomic E-state index is 0.114. The molecule has 0 heterocycles. The highest BCUT2D eigenvalue weighted by Crippen LogP contribution is 2.35. The second kappa shape index (κ2) is 8.21. The van der Waals surface area contributed by atoms with Crippen LogP contribution < -0.4 is 4.74 Å². The Kier molecular flexibility index (Phi) is 6.28. The number of carbonyl (C=O) groups is 1. The molecule has 116 valence electrons. The minimum atomic E-state index is 0.114. The minimum Gasteiger partial charge on any atom is -0.494 e. The van der Waals surface area contributed by atoms with Crippen molar-refractivity contribution < 1.29 is 9.53 Å². The van der Waals surface area contributed by atoms with E-state index >= 15 is 0 Å². The van der Waals surface area contributed by atoms with Gasteiger partial charge in [0.1, 0.15) is 11.5 Å². The lowest BCUT2D eigenvalue weighted by Gasteiger charge is -2.27. The zero-order valence-electron chi connectivity index (χ0n) is 13.4. The first-order valence-corrected chi connectivity index (χ1v) is 8.50. The molecule has 1 aliphatic carbocycles. The lowest BCUT2D eigenvalue weighted by atomic mass is 9.76. The molecule has 1 aliphatic rings. The van der Waals surface area contributed by atoms with Gasteiger partial charge in [0, 0.05) is 12.3 Å². The van der Waals surface area contributed by atoms with E-state index in [1.807, 2.05) is 12.1 Å². The normalized spacial score (nSPS) is 22.3. The average Bonchev–Trinajstić information content (AvgIpc) is 2.49. The van der Waals surface area contributed by atoms with Crippen molar-refractivity contribution >= 4 is 5.78 Å². The maximum Gasteiger partial charge on any atom is 0.140 e. The molecule has 1 aromatic rings. The van der Waals surface area contributed by atoms with Gasteiger partial charge in [0.2, 0.25) is 0 Å². The fraction of sp³-hybridized carbons (Fsp3) is 0.632. The van der Waals surface area contributed by atoms with Gasteiger partial charge >= 0.3 is 0 Å². The zero-order valence-corrected chi connectivity index (χ0v) is 13.4. The van der Waals surface area contributed by atoms with Crippen molar-refractivity contribution in [3.05, 3.63) is 29.8 Å². The third-order valence-corrected chi connectivity index (χ3v) is 4.49. The number of rotatable bonds is 7. The van der Waals surface area contributed by atoms with Gasteiger partial charge in [-0.1, -0.05) is 45.2 Å². The Balaban J connectivity index is 1.91. The molecule has 0 amide bonds. The largest absolute Gasteiger partial charge is 0.494 e. The summed E-state index contributed by atoms with van der Waals surface area (Å²) in [6.07, 6.45) is 7.59. The highest BCUT2D eigenvalue weighted by Gasteiger charge is 2.28. The Morgan fingerprint density at radius 3 is 2.48 bits per heavy atom. The van der Waals surface area contributed by atoms with Gasteiger partial charge in [-0.2, -0.15) is 0 Å². The maximum absolute atomic E-state index is 12.3. The fourth-order valence-corrected chi connectivity index (χ4v) is 3.23. The highest BCUT2D eigenvalue weighted by molar-refractivity contribution is 5.86. The van der Waals surface area contributed by atoms with E-state index in [0.717, 1.165) is 43.6 Å². The van der Waals surface area contributed by atoms with E-state index < -0.39 is 0 Å². The molecular formula is C19H28O2. The molecule has 2 nitrogen and oxygen atoms in total. The molecule has 2 heteroatoms. The summed E-state index contributed by atoms with van der Waals surface area (Å²) in [6, 6.07) is 8.17. The van der Waals surface area contributed by atoms with E-state index in [0.29, 0.717) is 11.7 Å². The maximum atomic E-state index is 12.3. The van der Waals surface area contributed by atoms with Crippen molar-refractivity contribution in [2.24, 2.45) is 5.92 Å². The first-order valence-electron chi connectivity index (χ1n) is 8.50. The fourth-order valence-electron chi connectivity index (χ4n) is 3.23. The lowest BCUT2D eigenvalue weighted by molar-refractivity contribution is -0.123. The van der Waals surface area contributed by atoms with Gasteiger partial charge in [-0.3, -0.25) is 4.79 Å². The summed E-state index contributed by atoms with van der Waals surface area (Å²) in [5.41, 5.74) is 1.16. The summed E-state index contributed by atoms with van der Waals surface area (Å²) in [5, 5.41) is 0. The van der Waals surface area contributed by atoms with Crippen LogP contribution in [0, 0.1) is 5.92 Å². The molecule has 1 saturated carbocycles. The average molecular weight is 288 g/mol. The van der Waals surface area contributed by atoms with Gasteiger partial charge < -0.3 is 4.74 Å². The SMILES string of the molecule is CCCCOc1ccc([C@@H]2CC[C@@H](CCC)CC2=O)cc1. The first-order chi connectivity index (χ1) is 10.2. The van der Waals surface area contributed by atoms with E-state index in [-0.39, 0.29) is 5.92 Å². The van der Waals surface area contributed by atoms with Gasteiger partial charge in [-0.15, -0.1) is 0 Å². The Bertz CT molecular complexity index is 435. The van der Waals surface area contributed by atoms with Crippen LogP contribution in [-0.4, -0.2) is 12.4 Å². The molecule has 0 saturated heterocycles. The molecule has 1 fully saturated rings. The van der Waals surface area contributed by atoms with Crippen LogP contribution in [0.4, 0.5) is 0 Å². The second-order valence-corrected chi connectivity index (χ2v) is 6.23. The molecule has 1 aromatic carbocycles. The van der Waals surface area contributed by atoms with Crippen molar-refractivity contribution in [1.29, 1.82) is 0 Å². The smallest absolute Gasteiger partial charge is 0.140 e. The van der Waals surface area contributed by atoms with E-state index in [1.165, 1.54) is 19.3 Å². The third kappa shape index (κ3) is 4.59. The molecule has 0 aromatic heterocycles. The van der Waals surface area contributed by atoms with E-state index in [9.17, 15) is 4.79 Å². The molecule has 0 unspecified atom stereocenters. The summed E-state index contributed by atoms with van der Waals surface area (Å²) in [6.45, 7) is 5.14. The molecule has 2 rings (SSSR count). The Morgan fingerprint density at radius 1 is 1.10 bits per heavy atom. The van der Waals surface area contributed by atoms with Gasteiger partial charge in [0.15, 0.2) is 0 Å². The summed E-state index contributed by atoms with van der Waals surface area (Å²) >= 11 is 0. The molecule has 0 radical (unpaired) electrons. The number of hydrogen-bond donors (Lipinski definition) is 0. The van der Waals surface area contributed by atoms with Crippen molar-refractivity contribution in [3.8, 4) is 5.75 Å². The topological polar surface area (TPSA) is 26.3 Å². The van der Waals surface area contributed by atoms with Crippen molar-refractivity contribution in [3.63, 3.8) is 0 Å². The number of carbonyl (C=O) groups excluding carboxylic acids is 1. The predicted octanol–water partition coefficient (Wildman–Crippen LogP) is 5.12. The number of hydrogen-bond acceptors (Lipinski definition) is 2. The predicted molar refractivity (Wildman–Crippen MR) is 86.8 cm³/mol. The summed E-state index contributed by atoms with van der Waals surface area (Å²) in [4.78, 5) is 12.3. The summed E-state index contributed by atoms with van der Waals surface area (Å²) < 4.78 is 5.68. The molecule has 0 N–H and O–H groups in total. The second-order valence-electron chi connectivity index (χ2n) is 6.23. The van der Waals surface area contributed by atoms with Gasteiger partial charge in [0.25, 0.3) is 0 Å². The number of ketones is 1.